The van der Waals surface area contributed by atoms with E-state index >= 15 is 0 Å². The molecule has 0 radical (unpaired) electrons. The van der Waals surface area contributed by atoms with E-state index in [-0.39, 0.29) is 18.2 Å². The zero-order valence-electron chi connectivity index (χ0n) is 12.1. The van der Waals surface area contributed by atoms with E-state index < -0.39 is 5.97 Å². The van der Waals surface area contributed by atoms with Crippen LogP contribution in [0, 0.1) is 12.8 Å². The van der Waals surface area contributed by atoms with Gasteiger partial charge < -0.3 is 15.2 Å². The second-order valence-electron chi connectivity index (χ2n) is 4.77. The summed E-state index contributed by atoms with van der Waals surface area (Å²) < 4.78 is 5.18. The van der Waals surface area contributed by atoms with Gasteiger partial charge in [-0.3, -0.25) is 9.59 Å². The van der Waals surface area contributed by atoms with Gasteiger partial charge in [-0.05, 0) is 30.5 Å². The molecule has 0 saturated carbocycles. The largest absolute Gasteiger partial charge is 0.496 e. The van der Waals surface area contributed by atoms with E-state index in [9.17, 15) is 9.59 Å². The second kappa shape index (κ2) is 7.53. The lowest BCUT2D eigenvalue weighted by atomic mass is 10.0. The minimum absolute atomic E-state index is 0.0520. The topological polar surface area (TPSA) is 75.6 Å². The van der Waals surface area contributed by atoms with Crippen LogP contribution in [0.2, 0.25) is 0 Å². The number of methoxy groups -OCH3 is 1. The van der Waals surface area contributed by atoms with Crippen molar-refractivity contribution < 1.29 is 19.4 Å². The number of hydrogen-bond acceptors (Lipinski definition) is 3. The summed E-state index contributed by atoms with van der Waals surface area (Å²) in [5, 5.41) is 11.5. The van der Waals surface area contributed by atoms with Crippen LogP contribution in [0.15, 0.2) is 18.2 Å². The molecule has 0 fully saturated rings. The molecule has 0 spiro atoms. The van der Waals surface area contributed by atoms with Crippen LogP contribution in [0.4, 0.5) is 0 Å². The highest BCUT2D eigenvalue weighted by Crippen LogP contribution is 2.19. The van der Waals surface area contributed by atoms with Crippen LogP contribution in [0.1, 0.15) is 35.7 Å². The van der Waals surface area contributed by atoms with Crippen molar-refractivity contribution in [1.82, 2.24) is 5.32 Å². The third-order valence-corrected chi connectivity index (χ3v) is 3.26. The number of ether oxygens (including phenoxy) is 1. The van der Waals surface area contributed by atoms with Crippen LogP contribution in [0.25, 0.3) is 0 Å². The van der Waals surface area contributed by atoms with E-state index in [1.165, 1.54) is 0 Å². The molecule has 0 aliphatic heterocycles. The number of amides is 1. The number of carboxylic acid groups (broad SMARTS) is 1. The van der Waals surface area contributed by atoms with Crippen molar-refractivity contribution >= 4 is 11.9 Å². The second-order valence-corrected chi connectivity index (χ2v) is 4.77. The number of rotatable bonds is 7. The molecule has 5 nitrogen and oxygen atoms in total. The first-order valence-corrected chi connectivity index (χ1v) is 6.62. The molecule has 0 heterocycles. The quantitative estimate of drug-likeness (QED) is 0.802. The third kappa shape index (κ3) is 4.57. The Morgan fingerprint density at radius 1 is 1.40 bits per heavy atom. The molecular formula is C15H21NO4. The molecule has 0 aliphatic carbocycles. The first-order valence-electron chi connectivity index (χ1n) is 6.62. The first-order chi connectivity index (χ1) is 9.47. The normalized spacial score (nSPS) is 11.8. The number of carboxylic acids is 1. The first kappa shape index (κ1) is 16.0. The van der Waals surface area contributed by atoms with Gasteiger partial charge in [0.2, 0.25) is 0 Å². The minimum Gasteiger partial charge on any atom is -0.496 e. The summed E-state index contributed by atoms with van der Waals surface area (Å²) >= 11 is 0. The molecule has 1 amide bonds. The Morgan fingerprint density at radius 3 is 2.65 bits per heavy atom. The molecule has 1 rings (SSSR count). The molecule has 0 aromatic heterocycles. The van der Waals surface area contributed by atoms with Gasteiger partial charge in [-0.1, -0.05) is 19.4 Å². The number of nitrogens with one attached hydrogen (secondary N) is 1. The Hall–Kier alpha value is -2.04. The number of aryl methyl sites for hydroxylation is 1. The smallest absolute Gasteiger partial charge is 0.303 e. The van der Waals surface area contributed by atoms with Gasteiger partial charge in [0, 0.05) is 18.5 Å². The summed E-state index contributed by atoms with van der Waals surface area (Å²) in [7, 11) is 1.56. The number of carbonyl (C=O) groups is 2. The molecule has 0 saturated heterocycles. The Labute approximate surface area is 118 Å². The highest BCUT2D eigenvalue weighted by molar-refractivity contribution is 5.94. The van der Waals surface area contributed by atoms with Gasteiger partial charge in [0.15, 0.2) is 0 Å². The summed E-state index contributed by atoms with van der Waals surface area (Å²) in [6, 6.07) is 5.23. The molecule has 5 heteroatoms. The number of hydrogen-bond donors (Lipinski definition) is 2. The summed E-state index contributed by atoms with van der Waals surface area (Å²) in [4.78, 5) is 22.7. The minimum atomic E-state index is -0.844. The van der Waals surface area contributed by atoms with Gasteiger partial charge >= 0.3 is 5.97 Å². The van der Waals surface area contributed by atoms with Crippen LogP contribution < -0.4 is 10.1 Å². The van der Waals surface area contributed by atoms with E-state index in [4.69, 9.17) is 9.84 Å². The van der Waals surface area contributed by atoms with Gasteiger partial charge in [0.25, 0.3) is 5.91 Å². The van der Waals surface area contributed by atoms with Crippen LogP contribution in [-0.4, -0.2) is 30.6 Å². The van der Waals surface area contributed by atoms with Gasteiger partial charge in [0.1, 0.15) is 5.75 Å². The standard InChI is InChI=1S/C15H21NO4/c1-4-11(7-14(17)18)9-16-15(19)12-6-5-10(2)13(8-12)20-3/h5-6,8,11H,4,7,9H2,1-3H3,(H,16,19)(H,17,18). The molecule has 20 heavy (non-hydrogen) atoms. The predicted molar refractivity (Wildman–Crippen MR) is 76.1 cm³/mol. The zero-order valence-corrected chi connectivity index (χ0v) is 12.1. The fourth-order valence-electron chi connectivity index (χ4n) is 1.91. The molecule has 0 bridgehead atoms. The van der Waals surface area contributed by atoms with E-state index in [1.807, 2.05) is 19.9 Å². The predicted octanol–water partition coefficient (Wildman–Crippen LogP) is 2.23. The van der Waals surface area contributed by atoms with Crippen molar-refractivity contribution in [2.45, 2.75) is 26.7 Å². The van der Waals surface area contributed by atoms with Crippen molar-refractivity contribution in [2.24, 2.45) is 5.92 Å². The SMILES string of the molecule is CCC(CNC(=O)c1ccc(C)c(OC)c1)CC(=O)O. The Morgan fingerprint density at radius 2 is 2.10 bits per heavy atom. The number of aliphatic carboxylic acids is 1. The fourth-order valence-corrected chi connectivity index (χ4v) is 1.91. The highest BCUT2D eigenvalue weighted by atomic mass is 16.5. The average molecular weight is 279 g/mol. The number of carbonyl (C=O) groups excluding carboxylic acids is 1. The maximum Gasteiger partial charge on any atom is 0.303 e. The summed E-state index contributed by atoms with van der Waals surface area (Å²) in [5.74, 6) is -0.450. The molecule has 110 valence electrons. The van der Waals surface area contributed by atoms with Crippen LogP contribution in [0.3, 0.4) is 0 Å². The van der Waals surface area contributed by atoms with E-state index in [0.717, 1.165) is 5.56 Å². The molecule has 1 aromatic carbocycles. The fraction of sp³-hybridized carbons (Fsp3) is 0.467. The Kier molecular flexibility index (Phi) is 6.03. The summed E-state index contributed by atoms with van der Waals surface area (Å²) in [6.07, 6.45) is 0.776. The van der Waals surface area contributed by atoms with Crippen molar-refractivity contribution in [2.75, 3.05) is 13.7 Å². The lowest BCUT2D eigenvalue weighted by Crippen LogP contribution is -2.30. The zero-order chi connectivity index (χ0) is 15.1. The van der Waals surface area contributed by atoms with Gasteiger partial charge in [-0.15, -0.1) is 0 Å². The van der Waals surface area contributed by atoms with Gasteiger partial charge in [-0.25, -0.2) is 0 Å². The van der Waals surface area contributed by atoms with Crippen molar-refractivity contribution in [3.63, 3.8) is 0 Å². The lowest BCUT2D eigenvalue weighted by Gasteiger charge is -2.14. The lowest BCUT2D eigenvalue weighted by molar-refractivity contribution is -0.138. The monoisotopic (exact) mass is 279 g/mol. The molecular weight excluding hydrogens is 258 g/mol. The van der Waals surface area contributed by atoms with Crippen molar-refractivity contribution in [1.29, 1.82) is 0 Å². The Bertz CT molecular complexity index is 485. The summed E-state index contributed by atoms with van der Waals surface area (Å²) in [6.45, 7) is 4.17. The van der Waals surface area contributed by atoms with Crippen LogP contribution in [-0.2, 0) is 4.79 Å². The molecule has 1 aromatic rings. The number of benzene rings is 1. The average Bonchev–Trinajstić information content (AvgIpc) is 2.43. The third-order valence-electron chi connectivity index (χ3n) is 3.26. The molecule has 1 unspecified atom stereocenters. The maximum absolute atomic E-state index is 12.0. The highest BCUT2D eigenvalue weighted by Gasteiger charge is 2.14. The van der Waals surface area contributed by atoms with Gasteiger partial charge in [0.05, 0.1) is 7.11 Å². The maximum atomic E-state index is 12.0. The van der Waals surface area contributed by atoms with Gasteiger partial charge in [-0.2, -0.15) is 0 Å². The van der Waals surface area contributed by atoms with E-state index in [0.29, 0.717) is 24.3 Å². The van der Waals surface area contributed by atoms with E-state index in [2.05, 4.69) is 5.32 Å². The molecule has 0 aliphatic rings. The van der Waals surface area contributed by atoms with E-state index in [1.54, 1.807) is 19.2 Å². The van der Waals surface area contributed by atoms with Crippen LogP contribution >= 0.6 is 0 Å². The van der Waals surface area contributed by atoms with Crippen molar-refractivity contribution in [3.8, 4) is 5.75 Å². The van der Waals surface area contributed by atoms with Crippen molar-refractivity contribution in [3.05, 3.63) is 29.3 Å². The molecule has 1 atom stereocenters. The molecule has 2 N–H and O–H groups in total. The summed E-state index contributed by atoms with van der Waals surface area (Å²) in [5.41, 5.74) is 1.47. The van der Waals surface area contributed by atoms with Crippen LogP contribution in [0.5, 0.6) is 5.75 Å². The Balaban J connectivity index is 2.64.